The number of anilines is 1. The van der Waals surface area contributed by atoms with Gasteiger partial charge in [0.2, 0.25) is 5.91 Å². The molecule has 1 aliphatic rings. The van der Waals surface area contributed by atoms with Crippen LogP contribution in [0.2, 0.25) is 5.02 Å². The van der Waals surface area contributed by atoms with Gasteiger partial charge in [0.1, 0.15) is 11.6 Å². The predicted molar refractivity (Wildman–Crippen MR) is 104 cm³/mol. The Labute approximate surface area is 167 Å². The maximum absolute atomic E-state index is 13.8. The molecule has 0 aromatic heterocycles. The number of carbonyl (C=O) groups excluding carboxylic acids is 1. The summed E-state index contributed by atoms with van der Waals surface area (Å²) in [5, 5.41) is 2.93. The number of rotatable bonds is 6. The van der Waals surface area contributed by atoms with Crippen LogP contribution in [0.4, 0.5) is 10.1 Å². The molecule has 150 valence electrons. The van der Waals surface area contributed by atoms with Crippen LogP contribution in [0.25, 0.3) is 0 Å². The van der Waals surface area contributed by atoms with Crippen LogP contribution in [-0.2, 0) is 21.5 Å². The molecule has 7 nitrogen and oxygen atoms in total. The van der Waals surface area contributed by atoms with Gasteiger partial charge in [-0.25, -0.2) is 4.39 Å². The molecule has 2 aromatic carbocycles. The standard InChI is InChI=1S/C18H19ClFN3O4S/c1-27-17-7-6-14(10-15(17)19)21-18(24)12-23-9-8-22(28(23,25)26)11-13-4-2-3-5-16(13)20/h2-7,10H,8-9,11-12H2,1H3,(H,21,24). The number of amides is 1. The largest absolute Gasteiger partial charge is 0.495 e. The summed E-state index contributed by atoms with van der Waals surface area (Å²) < 4.78 is 46.4. The maximum Gasteiger partial charge on any atom is 0.282 e. The summed E-state index contributed by atoms with van der Waals surface area (Å²) in [6, 6.07) is 10.7. The minimum Gasteiger partial charge on any atom is -0.495 e. The van der Waals surface area contributed by atoms with Crippen LogP contribution in [0.1, 0.15) is 5.56 Å². The van der Waals surface area contributed by atoms with Crippen molar-refractivity contribution in [3.8, 4) is 5.75 Å². The van der Waals surface area contributed by atoms with E-state index in [-0.39, 0.29) is 31.7 Å². The Kier molecular flexibility index (Phi) is 6.19. The molecule has 0 spiro atoms. The number of nitrogens with zero attached hydrogens (tertiary/aromatic N) is 2. The van der Waals surface area contributed by atoms with E-state index < -0.39 is 21.9 Å². The zero-order valence-corrected chi connectivity index (χ0v) is 16.6. The Morgan fingerprint density at radius 3 is 2.61 bits per heavy atom. The number of benzene rings is 2. The van der Waals surface area contributed by atoms with Gasteiger partial charge in [0, 0.05) is 30.9 Å². The quantitative estimate of drug-likeness (QED) is 0.768. The first-order chi connectivity index (χ1) is 13.3. The van der Waals surface area contributed by atoms with E-state index in [1.807, 2.05) is 0 Å². The molecule has 0 aliphatic carbocycles. The van der Waals surface area contributed by atoms with Gasteiger partial charge in [0.25, 0.3) is 10.2 Å². The summed E-state index contributed by atoms with van der Waals surface area (Å²) in [6.07, 6.45) is 0. The average Bonchev–Trinajstić information content (AvgIpc) is 2.91. The molecule has 1 fully saturated rings. The van der Waals surface area contributed by atoms with Crippen LogP contribution in [-0.4, -0.2) is 49.7 Å². The minimum absolute atomic E-state index is 0.0821. The lowest BCUT2D eigenvalue weighted by Crippen LogP contribution is -2.37. The molecular weight excluding hydrogens is 409 g/mol. The fourth-order valence-corrected chi connectivity index (χ4v) is 4.65. The Hall–Kier alpha value is -2.20. The number of nitrogens with one attached hydrogen (secondary N) is 1. The van der Waals surface area contributed by atoms with Gasteiger partial charge in [0.15, 0.2) is 0 Å². The monoisotopic (exact) mass is 427 g/mol. The van der Waals surface area contributed by atoms with E-state index in [9.17, 15) is 17.6 Å². The summed E-state index contributed by atoms with van der Waals surface area (Å²) in [7, 11) is -2.38. The first-order valence-corrected chi connectivity index (χ1v) is 10.2. The molecule has 1 amide bonds. The lowest BCUT2D eigenvalue weighted by Gasteiger charge is -2.18. The van der Waals surface area contributed by atoms with Crippen molar-refractivity contribution in [3.63, 3.8) is 0 Å². The van der Waals surface area contributed by atoms with Gasteiger partial charge in [-0.3, -0.25) is 4.79 Å². The van der Waals surface area contributed by atoms with Gasteiger partial charge in [-0.15, -0.1) is 0 Å². The first kappa shape index (κ1) is 20.5. The molecule has 10 heteroatoms. The summed E-state index contributed by atoms with van der Waals surface area (Å²) in [5.41, 5.74) is 0.709. The molecule has 1 heterocycles. The highest BCUT2D eigenvalue weighted by molar-refractivity contribution is 7.87. The Morgan fingerprint density at radius 2 is 1.93 bits per heavy atom. The van der Waals surface area contributed by atoms with Gasteiger partial charge in [-0.1, -0.05) is 29.8 Å². The summed E-state index contributed by atoms with van der Waals surface area (Å²) in [5.74, 6) is -0.506. The zero-order valence-electron chi connectivity index (χ0n) is 15.1. The highest BCUT2D eigenvalue weighted by Crippen LogP contribution is 2.27. The SMILES string of the molecule is COc1ccc(NC(=O)CN2CCN(Cc3ccccc3F)S2(=O)=O)cc1Cl. The van der Waals surface area contributed by atoms with E-state index >= 15 is 0 Å². The molecular formula is C18H19ClFN3O4S. The number of halogens is 2. The van der Waals surface area contributed by atoms with Crippen molar-refractivity contribution in [1.82, 2.24) is 8.61 Å². The van der Waals surface area contributed by atoms with Crippen LogP contribution in [0.3, 0.4) is 0 Å². The van der Waals surface area contributed by atoms with E-state index in [2.05, 4.69) is 5.32 Å². The van der Waals surface area contributed by atoms with Crippen LogP contribution < -0.4 is 10.1 Å². The number of carbonyl (C=O) groups is 1. The van der Waals surface area contributed by atoms with Crippen LogP contribution in [0.15, 0.2) is 42.5 Å². The van der Waals surface area contributed by atoms with Crippen LogP contribution >= 0.6 is 11.6 Å². The van der Waals surface area contributed by atoms with Gasteiger partial charge in [-0.2, -0.15) is 17.0 Å². The number of methoxy groups -OCH3 is 1. The second kappa shape index (κ2) is 8.44. The topological polar surface area (TPSA) is 79.0 Å². The molecule has 3 rings (SSSR count). The third-order valence-corrected chi connectivity index (χ3v) is 6.54. The summed E-state index contributed by atoms with van der Waals surface area (Å²) in [4.78, 5) is 12.3. The van der Waals surface area contributed by atoms with E-state index in [0.717, 1.165) is 8.61 Å². The second-order valence-corrected chi connectivity index (χ2v) is 8.50. The summed E-state index contributed by atoms with van der Waals surface area (Å²) >= 11 is 6.02. The Bertz CT molecular complexity index is 987. The van der Waals surface area contributed by atoms with Gasteiger partial charge >= 0.3 is 0 Å². The third kappa shape index (κ3) is 4.44. The van der Waals surface area contributed by atoms with Crippen molar-refractivity contribution >= 4 is 33.4 Å². The summed E-state index contributed by atoms with van der Waals surface area (Å²) in [6.45, 7) is -0.104. The second-order valence-electron chi connectivity index (χ2n) is 6.16. The van der Waals surface area contributed by atoms with Gasteiger partial charge < -0.3 is 10.1 Å². The lowest BCUT2D eigenvalue weighted by molar-refractivity contribution is -0.116. The molecule has 0 bridgehead atoms. The fourth-order valence-electron chi connectivity index (χ4n) is 2.86. The van der Waals surface area contributed by atoms with Crippen molar-refractivity contribution in [3.05, 3.63) is 58.9 Å². The molecule has 0 saturated carbocycles. The van der Waals surface area contributed by atoms with Crippen molar-refractivity contribution in [2.45, 2.75) is 6.54 Å². The normalized spacial score (nSPS) is 16.8. The highest BCUT2D eigenvalue weighted by Gasteiger charge is 2.37. The van der Waals surface area contributed by atoms with Crippen molar-refractivity contribution in [1.29, 1.82) is 0 Å². The fraction of sp³-hybridized carbons (Fsp3) is 0.278. The highest BCUT2D eigenvalue weighted by atomic mass is 35.5. The van der Waals surface area contributed by atoms with Crippen LogP contribution in [0.5, 0.6) is 5.75 Å². The van der Waals surface area contributed by atoms with E-state index in [4.69, 9.17) is 16.3 Å². The predicted octanol–water partition coefficient (Wildman–Crippen LogP) is 2.49. The molecule has 1 saturated heterocycles. The first-order valence-electron chi connectivity index (χ1n) is 8.43. The van der Waals surface area contributed by atoms with E-state index in [0.29, 0.717) is 16.5 Å². The minimum atomic E-state index is -3.86. The van der Waals surface area contributed by atoms with Crippen LogP contribution in [0, 0.1) is 5.82 Å². The molecule has 28 heavy (non-hydrogen) atoms. The third-order valence-electron chi connectivity index (χ3n) is 4.31. The number of hydrogen-bond acceptors (Lipinski definition) is 4. The van der Waals surface area contributed by atoms with Crippen molar-refractivity contribution < 1.29 is 22.3 Å². The Morgan fingerprint density at radius 1 is 1.21 bits per heavy atom. The van der Waals surface area contributed by atoms with E-state index in [1.165, 1.54) is 25.3 Å². The average molecular weight is 428 g/mol. The molecule has 2 aromatic rings. The van der Waals surface area contributed by atoms with E-state index in [1.54, 1.807) is 24.3 Å². The maximum atomic E-state index is 13.8. The smallest absolute Gasteiger partial charge is 0.282 e. The zero-order chi connectivity index (χ0) is 20.3. The molecule has 0 radical (unpaired) electrons. The van der Waals surface area contributed by atoms with Gasteiger partial charge in [-0.05, 0) is 24.3 Å². The molecule has 1 N–H and O–H groups in total. The number of ether oxygens (including phenoxy) is 1. The lowest BCUT2D eigenvalue weighted by atomic mass is 10.2. The molecule has 1 aliphatic heterocycles. The van der Waals surface area contributed by atoms with Gasteiger partial charge in [0.05, 0.1) is 18.7 Å². The van der Waals surface area contributed by atoms with Crippen molar-refractivity contribution in [2.24, 2.45) is 0 Å². The molecule has 0 unspecified atom stereocenters. The number of hydrogen-bond donors (Lipinski definition) is 1. The molecule has 0 atom stereocenters. The van der Waals surface area contributed by atoms with Crippen molar-refractivity contribution in [2.75, 3.05) is 32.1 Å². The Balaban J connectivity index is 1.64.